The fraction of sp³-hybridized carbons (Fsp3) is 0.444. The molecule has 1 rings (SSSR count). The summed E-state index contributed by atoms with van der Waals surface area (Å²) < 4.78 is 6.33. The molecule has 1 aromatic heterocycles. The Morgan fingerprint density at radius 2 is 2.40 bits per heavy atom. The highest BCUT2D eigenvalue weighted by molar-refractivity contribution is 14.1. The van der Waals surface area contributed by atoms with E-state index in [1.54, 1.807) is 11.3 Å². The molecule has 0 atom stereocenters. The van der Waals surface area contributed by atoms with Crippen LogP contribution in [-0.4, -0.2) is 31.0 Å². The number of halogens is 2. The smallest absolute Gasteiger partial charge is 0.252 e. The van der Waals surface area contributed by atoms with Crippen LogP contribution in [0.4, 0.5) is 0 Å². The van der Waals surface area contributed by atoms with E-state index in [9.17, 15) is 4.79 Å². The predicted octanol–water partition coefficient (Wildman–Crippen LogP) is 2.49. The van der Waals surface area contributed by atoms with Gasteiger partial charge in [-0.3, -0.25) is 4.79 Å². The van der Waals surface area contributed by atoms with Gasteiger partial charge in [-0.1, -0.05) is 15.9 Å². The molecule has 84 valence electrons. The van der Waals surface area contributed by atoms with Crippen LogP contribution in [-0.2, 0) is 4.74 Å². The van der Waals surface area contributed by atoms with E-state index in [-0.39, 0.29) is 5.91 Å². The largest absolute Gasteiger partial charge is 0.379 e. The monoisotopic (exact) mass is 403 g/mol. The molecule has 0 spiro atoms. The van der Waals surface area contributed by atoms with Crippen molar-refractivity contribution in [2.45, 2.75) is 0 Å². The van der Waals surface area contributed by atoms with Gasteiger partial charge in [-0.05, 0) is 28.7 Å². The minimum atomic E-state index is -0.0309. The Morgan fingerprint density at radius 3 is 3.00 bits per heavy atom. The van der Waals surface area contributed by atoms with Crippen LogP contribution >= 0.6 is 49.9 Å². The van der Waals surface area contributed by atoms with Gasteiger partial charge in [0, 0.05) is 17.3 Å². The number of carbonyl (C=O) groups is 1. The number of ether oxygens (including phenoxy) is 1. The molecule has 0 saturated heterocycles. The highest BCUT2D eigenvalue weighted by Gasteiger charge is 2.06. The zero-order chi connectivity index (χ0) is 11.1. The van der Waals surface area contributed by atoms with Gasteiger partial charge < -0.3 is 10.1 Å². The standard InChI is InChI=1S/C9H11BrINO2S/c10-1-3-14-4-2-12-9(13)7-5-8(11)15-6-7/h5-6H,1-4H2,(H,12,13). The highest BCUT2D eigenvalue weighted by atomic mass is 127. The van der Waals surface area contributed by atoms with Gasteiger partial charge >= 0.3 is 0 Å². The summed E-state index contributed by atoms with van der Waals surface area (Å²) in [4.78, 5) is 11.5. The molecule has 1 amide bonds. The minimum absolute atomic E-state index is 0.0309. The van der Waals surface area contributed by atoms with Crippen molar-refractivity contribution < 1.29 is 9.53 Å². The molecule has 0 aliphatic rings. The molecule has 3 nitrogen and oxygen atoms in total. The van der Waals surface area contributed by atoms with E-state index in [0.717, 1.165) is 13.8 Å². The van der Waals surface area contributed by atoms with Gasteiger partial charge in [-0.25, -0.2) is 0 Å². The van der Waals surface area contributed by atoms with Gasteiger partial charge in [0.1, 0.15) is 0 Å². The normalized spacial score (nSPS) is 10.3. The van der Waals surface area contributed by atoms with Crippen LogP contribution in [0.15, 0.2) is 11.4 Å². The van der Waals surface area contributed by atoms with E-state index in [1.165, 1.54) is 0 Å². The Balaban J connectivity index is 2.19. The van der Waals surface area contributed by atoms with Crippen molar-refractivity contribution in [3.63, 3.8) is 0 Å². The topological polar surface area (TPSA) is 38.3 Å². The first-order valence-corrected chi connectivity index (χ1v) is 7.48. The molecule has 1 aromatic rings. The lowest BCUT2D eigenvalue weighted by molar-refractivity contribution is 0.0924. The molecule has 0 aromatic carbocycles. The third-order valence-corrected chi connectivity index (χ3v) is 3.70. The zero-order valence-corrected chi connectivity index (χ0v) is 12.5. The zero-order valence-electron chi connectivity index (χ0n) is 7.96. The van der Waals surface area contributed by atoms with Crippen LogP contribution < -0.4 is 5.32 Å². The fourth-order valence-corrected chi connectivity index (χ4v) is 2.48. The lowest BCUT2D eigenvalue weighted by atomic mass is 10.3. The fourth-order valence-electron chi connectivity index (χ4n) is 0.925. The number of hydrogen-bond acceptors (Lipinski definition) is 3. The Kier molecular flexibility index (Phi) is 6.78. The summed E-state index contributed by atoms with van der Waals surface area (Å²) in [7, 11) is 0. The van der Waals surface area contributed by atoms with Crippen LogP contribution in [0.2, 0.25) is 0 Å². The average molecular weight is 404 g/mol. The number of alkyl halides is 1. The van der Waals surface area contributed by atoms with Gasteiger partial charge in [0.05, 0.1) is 21.7 Å². The lowest BCUT2D eigenvalue weighted by Crippen LogP contribution is -2.27. The van der Waals surface area contributed by atoms with Crippen molar-refractivity contribution >= 4 is 55.8 Å². The van der Waals surface area contributed by atoms with E-state index in [1.807, 2.05) is 11.4 Å². The summed E-state index contributed by atoms with van der Waals surface area (Å²) in [5.41, 5.74) is 0.727. The number of amides is 1. The van der Waals surface area contributed by atoms with E-state index in [2.05, 4.69) is 43.8 Å². The van der Waals surface area contributed by atoms with Crippen LogP contribution in [0.5, 0.6) is 0 Å². The number of hydrogen-bond donors (Lipinski definition) is 1. The Labute approximate surface area is 115 Å². The molecule has 0 bridgehead atoms. The summed E-state index contributed by atoms with van der Waals surface area (Å²) in [5.74, 6) is -0.0309. The SMILES string of the molecule is O=C(NCCOCCBr)c1csc(I)c1. The van der Waals surface area contributed by atoms with Gasteiger partial charge in [0.25, 0.3) is 5.91 Å². The molecule has 0 radical (unpaired) electrons. The van der Waals surface area contributed by atoms with Crippen LogP contribution in [0.3, 0.4) is 0 Å². The molecular formula is C9H11BrINO2S. The van der Waals surface area contributed by atoms with Crippen molar-refractivity contribution in [1.82, 2.24) is 5.32 Å². The molecule has 1 heterocycles. The van der Waals surface area contributed by atoms with Crippen molar-refractivity contribution in [2.75, 3.05) is 25.1 Å². The van der Waals surface area contributed by atoms with E-state index in [4.69, 9.17) is 4.74 Å². The maximum absolute atomic E-state index is 11.5. The molecule has 0 unspecified atom stereocenters. The third-order valence-electron chi connectivity index (χ3n) is 1.58. The van der Waals surface area contributed by atoms with Crippen LogP contribution in [0, 0.1) is 2.88 Å². The lowest BCUT2D eigenvalue weighted by Gasteiger charge is -2.03. The molecule has 0 aliphatic carbocycles. The molecule has 0 fully saturated rings. The van der Waals surface area contributed by atoms with E-state index >= 15 is 0 Å². The van der Waals surface area contributed by atoms with Gasteiger partial charge in [0.15, 0.2) is 0 Å². The molecule has 0 aliphatic heterocycles. The molecular weight excluding hydrogens is 393 g/mol. The van der Waals surface area contributed by atoms with Crippen molar-refractivity contribution in [3.05, 3.63) is 19.9 Å². The maximum atomic E-state index is 11.5. The summed E-state index contributed by atoms with van der Waals surface area (Å²) >= 11 is 7.03. The molecule has 1 N–H and O–H groups in total. The molecule has 6 heteroatoms. The van der Waals surface area contributed by atoms with Crippen molar-refractivity contribution in [2.24, 2.45) is 0 Å². The Bertz CT molecular complexity index is 319. The second-order valence-electron chi connectivity index (χ2n) is 2.70. The third kappa shape index (κ3) is 5.28. The van der Waals surface area contributed by atoms with Crippen molar-refractivity contribution in [3.8, 4) is 0 Å². The van der Waals surface area contributed by atoms with Gasteiger partial charge in [0.2, 0.25) is 0 Å². The number of nitrogens with one attached hydrogen (secondary N) is 1. The quantitative estimate of drug-likeness (QED) is 0.450. The maximum Gasteiger partial charge on any atom is 0.252 e. The second-order valence-corrected chi connectivity index (χ2v) is 6.30. The summed E-state index contributed by atoms with van der Waals surface area (Å²) in [5, 5.41) is 5.48. The first kappa shape index (κ1) is 13.4. The summed E-state index contributed by atoms with van der Waals surface area (Å²) in [6.07, 6.45) is 0. The number of rotatable bonds is 6. The van der Waals surface area contributed by atoms with Crippen LogP contribution in [0.1, 0.15) is 10.4 Å². The van der Waals surface area contributed by atoms with Crippen LogP contribution in [0.25, 0.3) is 0 Å². The minimum Gasteiger partial charge on any atom is -0.379 e. The Hall–Kier alpha value is 0.340. The number of carbonyl (C=O) groups excluding carboxylic acids is 1. The summed E-state index contributed by atoms with van der Waals surface area (Å²) in [6, 6.07) is 1.87. The second kappa shape index (κ2) is 7.59. The van der Waals surface area contributed by atoms with Gasteiger partial charge in [-0.15, -0.1) is 11.3 Å². The Morgan fingerprint density at radius 1 is 1.60 bits per heavy atom. The highest BCUT2D eigenvalue weighted by Crippen LogP contribution is 2.16. The summed E-state index contributed by atoms with van der Waals surface area (Å²) in [6.45, 7) is 1.78. The first-order valence-electron chi connectivity index (χ1n) is 4.40. The predicted molar refractivity (Wildman–Crippen MR) is 74.0 cm³/mol. The van der Waals surface area contributed by atoms with E-state index in [0.29, 0.717) is 19.8 Å². The average Bonchev–Trinajstić information content (AvgIpc) is 2.64. The van der Waals surface area contributed by atoms with Gasteiger partial charge in [-0.2, -0.15) is 0 Å². The number of thiophene rings is 1. The molecule has 0 saturated carbocycles. The van der Waals surface area contributed by atoms with Crippen molar-refractivity contribution in [1.29, 1.82) is 0 Å². The van der Waals surface area contributed by atoms with E-state index < -0.39 is 0 Å². The first-order chi connectivity index (χ1) is 7.24. The molecule has 15 heavy (non-hydrogen) atoms.